The highest BCUT2D eigenvalue weighted by Gasteiger charge is 2.49. The van der Waals surface area contributed by atoms with E-state index in [1.165, 1.54) is 15.6 Å². The summed E-state index contributed by atoms with van der Waals surface area (Å²) in [7, 11) is -2.32. The summed E-state index contributed by atoms with van der Waals surface area (Å²) in [5, 5.41) is 0.858. The lowest BCUT2D eigenvalue weighted by Gasteiger charge is -2.40. The van der Waals surface area contributed by atoms with Crippen molar-refractivity contribution in [1.29, 1.82) is 0 Å². The van der Waals surface area contributed by atoms with E-state index in [0.717, 1.165) is 14.9 Å². The molecule has 0 radical (unpaired) electrons. The summed E-state index contributed by atoms with van der Waals surface area (Å²) < 4.78 is 52.2. The van der Waals surface area contributed by atoms with Gasteiger partial charge in [-0.1, -0.05) is 42.5 Å². The number of sulfonamides is 1. The number of ether oxygens (including phenoxy) is 1. The predicted octanol–water partition coefficient (Wildman–Crippen LogP) is 5.99. The molecule has 0 saturated heterocycles. The molecule has 1 N–H and O–H groups in total. The zero-order valence-electron chi connectivity index (χ0n) is 21.3. The minimum absolute atomic E-state index is 0.183. The van der Waals surface area contributed by atoms with E-state index in [1.54, 1.807) is 14.2 Å². The number of nitrogens with one attached hydrogen (secondary N) is 1. The van der Waals surface area contributed by atoms with Gasteiger partial charge in [-0.15, -0.1) is 11.3 Å². The van der Waals surface area contributed by atoms with E-state index in [-0.39, 0.29) is 6.54 Å². The molecule has 36 heavy (non-hydrogen) atoms. The Morgan fingerprint density at radius 3 is 2.19 bits per heavy atom. The predicted molar refractivity (Wildman–Crippen MR) is 153 cm³/mol. The SMILES string of the molecule is COc1ccc(CN(C)S(=O)(=O)C(c2ccccc2)[C@](C)(N[S@](=O)C(C)(C)C)c2cc(Br)cs2)cc1. The topological polar surface area (TPSA) is 75.7 Å². The maximum atomic E-state index is 14.4. The Labute approximate surface area is 229 Å². The Morgan fingerprint density at radius 2 is 1.69 bits per heavy atom. The zero-order valence-corrected chi connectivity index (χ0v) is 25.4. The first-order valence-corrected chi connectivity index (χ1v) is 15.7. The molecule has 6 nitrogen and oxygen atoms in total. The van der Waals surface area contributed by atoms with Crippen molar-refractivity contribution in [2.24, 2.45) is 0 Å². The van der Waals surface area contributed by atoms with E-state index >= 15 is 0 Å². The van der Waals surface area contributed by atoms with Gasteiger partial charge < -0.3 is 4.74 Å². The van der Waals surface area contributed by atoms with Crippen LogP contribution in [-0.2, 0) is 33.1 Å². The molecule has 196 valence electrons. The summed E-state index contributed by atoms with van der Waals surface area (Å²) in [6.45, 7) is 7.60. The van der Waals surface area contributed by atoms with Gasteiger partial charge >= 0.3 is 0 Å². The van der Waals surface area contributed by atoms with Gasteiger partial charge in [0.2, 0.25) is 10.0 Å². The number of rotatable bonds is 10. The number of hydrogen-bond donors (Lipinski definition) is 1. The molecule has 1 unspecified atom stereocenters. The van der Waals surface area contributed by atoms with E-state index in [4.69, 9.17) is 4.74 Å². The highest BCUT2D eigenvalue weighted by molar-refractivity contribution is 9.10. The van der Waals surface area contributed by atoms with E-state index in [1.807, 2.05) is 93.7 Å². The minimum Gasteiger partial charge on any atom is -0.497 e. The van der Waals surface area contributed by atoms with Crippen LogP contribution >= 0.6 is 27.3 Å². The Kier molecular flexibility index (Phi) is 9.22. The number of nitrogens with zero attached hydrogens (tertiary/aromatic N) is 1. The van der Waals surface area contributed by atoms with Gasteiger partial charge in [-0.05, 0) is 73.0 Å². The third-order valence-corrected chi connectivity index (χ3v) is 11.9. The van der Waals surface area contributed by atoms with E-state index in [9.17, 15) is 12.6 Å². The molecule has 10 heteroatoms. The average molecular weight is 614 g/mol. The summed E-state index contributed by atoms with van der Waals surface area (Å²) >= 11 is 4.94. The van der Waals surface area contributed by atoms with Gasteiger partial charge in [-0.25, -0.2) is 17.3 Å². The molecule has 0 bridgehead atoms. The quantitative estimate of drug-likeness (QED) is 0.305. The van der Waals surface area contributed by atoms with Crippen molar-refractivity contribution in [3.8, 4) is 5.75 Å². The molecule has 3 atom stereocenters. The first-order chi connectivity index (χ1) is 16.8. The Balaban J connectivity index is 2.15. The van der Waals surface area contributed by atoms with Gasteiger partial charge in [0, 0.05) is 28.3 Å². The molecule has 1 aromatic heterocycles. The second kappa shape index (κ2) is 11.4. The maximum Gasteiger partial charge on any atom is 0.223 e. The summed E-state index contributed by atoms with van der Waals surface area (Å²) in [6, 6.07) is 18.4. The van der Waals surface area contributed by atoms with Crippen molar-refractivity contribution >= 4 is 48.3 Å². The lowest BCUT2D eigenvalue weighted by molar-refractivity contribution is 0.384. The van der Waals surface area contributed by atoms with Crippen LogP contribution in [0.25, 0.3) is 0 Å². The fourth-order valence-electron chi connectivity index (χ4n) is 3.85. The molecular weight excluding hydrogens is 580 g/mol. The minimum atomic E-state index is -3.96. The molecule has 0 aliphatic carbocycles. The fourth-order valence-corrected chi connectivity index (χ4v) is 8.53. The summed E-state index contributed by atoms with van der Waals surface area (Å²) in [5.41, 5.74) is 0.258. The van der Waals surface area contributed by atoms with Crippen molar-refractivity contribution < 1.29 is 17.4 Å². The summed E-state index contributed by atoms with van der Waals surface area (Å²) in [4.78, 5) is 0.766. The molecule has 0 spiro atoms. The van der Waals surface area contributed by atoms with Gasteiger partial charge in [-0.2, -0.15) is 4.31 Å². The monoisotopic (exact) mass is 612 g/mol. The van der Waals surface area contributed by atoms with Crippen molar-refractivity contribution in [2.75, 3.05) is 14.2 Å². The molecule has 3 rings (SSSR count). The molecule has 2 aromatic carbocycles. The van der Waals surface area contributed by atoms with Crippen molar-refractivity contribution in [1.82, 2.24) is 9.03 Å². The Hall–Kier alpha value is -1.56. The maximum absolute atomic E-state index is 14.4. The van der Waals surface area contributed by atoms with Gasteiger partial charge in [0.05, 0.1) is 28.4 Å². The Bertz CT molecular complexity index is 1290. The molecule has 0 aliphatic heterocycles. The smallest absolute Gasteiger partial charge is 0.223 e. The number of thiophene rings is 1. The third kappa shape index (κ3) is 6.46. The van der Waals surface area contributed by atoms with Crippen LogP contribution in [0.1, 0.15) is 48.9 Å². The number of benzene rings is 2. The third-order valence-electron chi connectivity index (χ3n) is 5.86. The van der Waals surface area contributed by atoms with E-state index in [0.29, 0.717) is 11.3 Å². The molecule has 1 heterocycles. The molecule has 0 fully saturated rings. The second-order valence-electron chi connectivity index (χ2n) is 9.75. The van der Waals surface area contributed by atoms with Crippen LogP contribution in [0.2, 0.25) is 0 Å². The van der Waals surface area contributed by atoms with Gasteiger partial charge in [-0.3, -0.25) is 0 Å². The van der Waals surface area contributed by atoms with Gasteiger partial charge in [0.1, 0.15) is 11.0 Å². The van der Waals surface area contributed by atoms with Crippen LogP contribution in [0.5, 0.6) is 5.75 Å². The molecule has 0 amide bonds. The van der Waals surface area contributed by atoms with Crippen LogP contribution in [0.15, 0.2) is 70.5 Å². The largest absolute Gasteiger partial charge is 0.497 e. The summed E-state index contributed by atoms with van der Waals surface area (Å²) in [6.07, 6.45) is 0. The standard InChI is InChI=1S/C26H33BrN2O4S3/c1-25(2,3)35(30)28-26(4,23-16-21(27)18-34-23)24(20-10-8-7-9-11-20)36(31,32)29(5)17-19-12-14-22(33-6)15-13-19/h7-16,18,24,28H,17H2,1-6H3/t24?,26-,35-/m1/s1. The Morgan fingerprint density at radius 1 is 1.08 bits per heavy atom. The molecule has 0 aliphatic rings. The number of hydrogen-bond acceptors (Lipinski definition) is 5. The molecule has 0 saturated carbocycles. The lowest BCUT2D eigenvalue weighted by Crippen LogP contribution is -2.53. The van der Waals surface area contributed by atoms with Gasteiger partial charge in [0.25, 0.3) is 0 Å². The van der Waals surface area contributed by atoms with Crippen molar-refractivity contribution in [2.45, 2.75) is 49.8 Å². The van der Waals surface area contributed by atoms with Crippen LogP contribution in [0.4, 0.5) is 0 Å². The fraction of sp³-hybridized carbons (Fsp3) is 0.385. The first kappa shape index (κ1) is 29.0. The normalized spacial score (nSPS) is 15.9. The van der Waals surface area contributed by atoms with Gasteiger partial charge in [0.15, 0.2) is 0 Å². The molecule has 3 aromatic rings. The highest BCUT2D eigenvalue weighted by atomic mass is 79.9. The number of halogens is 1. The van der Waals surface area contributed by atoms with Crippen LogP contribution in [0.3, 0.4) is 0 Å². The lowest BCUT2D eigenvalue weighted by atomic mass is 9.91. The van der Waals surface area contributed by atoms with Crippen LogP contribution in [0, 0.1) is 0 Å². The van der Waals surface area contributed by atoms with Crippen LogP contribution in [-0.4, -0.2) is 35.8 Å². The first-order valence-electron chi connectivity index (χ1n) is 11.4. The zero-order chi connectivity index (χ0) is 26.7. The van der Waals surface area contributed by atoms with Crippen LogP contribution < -0.4 is 9.46 Å². The molecular formula is C26H33BrN2O4S3. The number of methoxy groups -OCH3 is 1. The average Bonchev–Trinajstić information content (AvgIpc) is 3.26. The van der Waals surface area contributed by atoms with E-state index < -0.39 is 36.5 Å². The highest BCUT2D eigenvalue weighted by Crippen LogP contribution is 2.45. The summed E-state index contributed by atoms with van der Waals surface area (Å²) in [5.74, 6) is 0.705. The van der Waals surface area contributed by atoms with Crippen molar-refractivity contribution in [3.05, 3.63) is 86.5 Å². The van der Waals surface area contributed by atoms with E-state index in [2.05, 4.69) is 20.7 Å². The van der Waals surface area contributed by atoms with Crippen molar-refractivity contribution in [3.63, 3.8) is 0 Å². The second-order valence-corrected chi connectivity index (χ2v) is 15.7.